The molecule has 3 rings (SSSR count). The first-order valence-corrected chi connectivity index (χ1v) is 7.04. The maximum atomic E-state index is 11.2. The van der Waals surface area contributed by atoms with Crippen molar-refractivity contribution in [2.45, 2.75) is 39.7 Å². The Kier molecular flexibility index (Phi) is 2.96. The molecule has 1 aliphatic rings. The molecule has 0 bridgehead atoms. The molecule has 0 aromatic carbocycles. The molecule has 21 heavy (non-hydrogen) atoms. The van der Waals surface area contributed by atoms with Crippen LogP contribution < -0.4 is 10.6 Å². The van der Waals surface area contributed by atoms with Gasteiger partial charge in [0, 0.05) is 18.2 Å². The van der Waals surface area contributed by atoms with Gasteiger partial charge in [-0.25, -0.2) is 4.98 Å². The van der Waals surface area contributed by atoms with E-state index in [1.165, 1.54) is 0 Å². The van der Waals surface area contributed by atoms with E-state index in [0.29, 0.717) is 17.6 Å². The van der Waals surface area contributed by atoms with Gasteiger partial charge in [0.2, 0.25) is 5.65 Å². The standard InChI is InChI=1S/C13H18N6O2/c1-4-7(2)17-6-5-9-11(14)15-12-10(19(20)21)8(3)16-18(12)13(9)17/h7H,4-6H2,1-3H3,(H2,14,15). The van der Waals surface area contributed by atoms with E-state index in [0.717, 1.165) is 30.8 Å². The van der Waals surface area contributed by atoms with Crippen molar-refractivity contribution in [3.8, 4) is 0 Å². The number of hydrogen-bond acceptors (Lipinski definition) is 6. The number of hydrogen-bond donors (Lipinski definition) is 1. The fourth-order valence-electron chi connectivity index (χ4n) is 2.92. The first-order valence-electron chi connectivity index (χ1n) is 7.04. The van der Waals surface area contributed by atoms with Gasteiger partial charge in [-0.3, -0.25) is 10.1 Å². The van der Waals surface area contributed by atoms with Gasteiger partial charge in [-0.2, -0.15) is 9.61 Å². The van der Waals surface area contributed by atoms with E-state index in [4.69, 9.17) is 5.73 Å². The summed E-state index contributed by atoms with van der Waals surface area (Å²) in [6.07, 6.45) is 1.77. The molecule has 2 aromatic rings. The zero-order valence-electron chi connectivity index (χ0n) is 12.3. The highest BCUT2D eigenvalue weighted by Gasteiger charge is 2.32. The lowest BCUT2D eigenvalue weighted by Gasteiger charge is -2.26. The molecule has 2 aromatic heterocycles. The Labute approximate surface area is 121 Å². The van der Waals surface area contributed by atoms with Gasteiger partial charge in [-0.1, -0.05) is 6.92 Å². The van der Waals surface area contributed by atoms with Crippen LogP contribution in [0.3, 0.4) is 0 Å². The number of nitrogen functional groups attached to an aromatic ring is 1. The molecular weight excluding hydrogens is 272 g/mol. The molecule has 8 heteroatoms. The number of nitrogens with zero attached hydrogens (tertiary/aromatic N) is 5. The SMILES string of the molecule is CCC(C)N1CCc2c(N)nc3c([N+](=O)[O-])c(C)nn3c21. The smallest absolute Gasteiger partial charge is 0.336 e. The zero-order valence-corrected chi connectivity index (χ0v) is 12.3. The Bertz CT molecular complexity index is 738. The maximum Gasteiger partial charge on any atom is 0.336 e. The summed E-state index contributed by atoms with van der Waals surface area (Å²) in [5.41, 5.74) is 7.46. The molecule has 0 saturated heterocycles. The molecule has 0 radical (unpaired) electrons. The average Bonchev–Trinajstić information content (AvgIpc) is 2.99. The second-order valence-electron chi connectivity index (χ2n) is 5.43. The quantitative estimate of drug-likeness (QED) is 0.681. The molecule has 2 N–H and O–H groups in total. The zero-order chi connectivity index (χ0) is 15.3. The van der Waals surface area contributed by atoms with Crippen molar-refractivity contribution >= 4 is 23.0 Å². The van der Waals surface area contributed by atoms with Gasteiger partial charge in [0.15, 0.2) is 0 Å². The Morgan fingerprint density at radius 1 is 1.52 bits per heavy atom. The van der Waals surface area contributed by atoms with Crippen molar-refractivity contribution in [3.63, 3.8) is 0 Å². The van der Waals surface area contributed by atoms with Crippen LogP contribution in [0, 0.1) is 17.0 Å². The number of anilines is 2. The molecule has 0 saturated carbocycles. The summed E-state index contributed by atoms with van der Waals surface area (Å²) < 4.78 is 1.58. The topological polar surface area (TPSA) is 103 Å². The molecule has 1 atom stereocenters. The predicted octanol–water partition coefficient (Wildman–Crippen LogP) is 1.69. The average molecular weight is 290 g/mol. The molecule has 0 aliphatic carbocycles. The summed E-state index contributed by atoms with van der Waals surface area (Å²) in [7, 11) is 0. The lowest BCUT2D eigenvalue weighted by Crippen LogP contribution is -2.32. The number of nitrogens with two attached hydrogens (primary N) is 1. The summed E-state index contributed by atoms with van der Waals surface area (Å²) in [6.45, 7) is 6.70. The van der Waals surface area contributed by atoms with E-state index in [1.54, 1.807) is 11.4 Å². The Morgan fingerprint density at radius 2 is 2.24 bits per heavy atom. The minimum absolute atomic E-state index is 0.0690. The Morgan fingerprint density at radius 3 is 2.86 bits per heavy atom. The van der Waals surface area contributed by atoms with Crippen LogP contribution >= 0.6 is 0 Å². The van der Waals surface area contributed by atoms with Gasteiger partial charge >= 0.3 is 5.69 Å². The molecule has 1 unspecified atom stereocenters. The van der Waals surface area contributed by atoms with E-state index >= 15 is 0 Å². The lowest BCUT2D eigenvalue weighted by molar-refractivity contribution is -0.383. The van der Waals surface area contributed by atoms with Crippen LogP contribution in [-0.4, -0.2) is 32.1 Å². The van der Waals surface area contributed by atoms with Crippen molar-refractivity contribution in [1.82, 2.24) is 14.6 Å². The summed E-state index contributed by atoms with van der Waals surface area (Å²) in [5, 5.41) is 15.6. The van der Waals surface area contributed by atoms with Gasteiger partial charge < -0.3 is 10.6 Å². The lowest BCUT2D eigenvalue weighted by atomic mass is 10.2. The highest BCUT2D eigenvalue weighted by Crippen LogP contribution is 2.36. The van der Waals surface area contributed by atoms with Gasteiger partial charge in [0.1, 0.15) is 17.3 Å². The number of fused-ring (bicyclic) bond motifs is 3. The van der Waals surface area contributed by atoms with Crippen LogP contribution in [0.15, 0.2) is 0 Å². The van der Waals surface area contributed by atoms with Gasteiger partial charge in [0.25, 0.3) is 0 Å². The minimum atomic E-state index is -0.445. The highest BCUT2D eigenvalue weighted by molar-refractivity contribution is 5.73. The molecule has 1 aliphatic heterocycles. The second-order valence-corrected chi connectivity index (χ2v) is 5.43. The van der Waals surface area contributed by atoms with Crippen molar-refractivity contribution in [2.75, 3.05) is 17.2 Å². The van der Waals surface area contributed by atoms with Crippen molar-refractivity contribution in [3.05, 3.63) is 21.4 Å². The fraction of sp³-hybridized carbons (Fsp3) is 0.538. The summed E-state index contributed by atoms with van der Waals surface area (Å²) in [5.74, 6) is 1.22. The number of nitro groups is 1. The first-order chi connectivity index (χ1) is 9.95. The predicted molar refractivity (Wildman–Crippen MR) is 79.6 cm³/mol. The van der Waals surface area contributed by atoms with Crippen molar-refractivity contribution < 1.29 is 4.92 Å². The maximum absolute atomic E-state index is 11.2. The van der Waals surface area contributed by atoms with Crippen molar-refractivity contribution in [1.29, 1.82) is 0 Å². The van der Waals surface area contributed by atoms with Crippen LogP contribution in [0.5, 0.6) is 0 Å². The third-order valence-corrected chi connectivity index (χ3v) is 4.19. The van der Waals surface area contributed by atoms with E-state index in [1.807, 2.05) is 0 Å². The van der Waals surface area contributed by atoms with Crippen LogP contribution in [0.25, 0.3) is 5.65 Å². The Balaban J connectivity index is 2.33. The van der Waals surface area contributed by atoms with Gasteiger partial charge in [-0.15, -0.1) is 0 Å². The number of aromatic nitrogens is 3. The number of aryl methyl sites for hydroxylation is 1. The first kappa shape index (κ1) is 13.6. The van der Waals surface area contributed by atoms with E-state index < -0.39 is 4.92 Å². The molecule has 112 valence electrons. The van der Waals surface area contributed by atoms with Crippen LogP contribution in [0.4, 0.5) is 17.3 Å². The van der Waals surface area contributed by atoms with E-state index in [2.05, 4.69) is 28.8 Å². The minimum Gasteiger partial charge on any atom is -0.383 e. The molecule has 8 nitrogen and oxygen atoms in total. The highest BCUT2D eigenvalue weighted by atomic mass is 16.6. The van der Waals surface area contributed by atoms with E-state index in [-0.39, 0.29) is 11.3 Å². The normalized spacial score (nSPS) is 15.5. The van der Waals surface area contributed by atoms with Crippen LogP contribution in [-0.2, 0) is 6.42 Å². The largest absolute Gasteiger partial charge is 0.383 e. The third kappa shape index (κ3) is 1.82. The van der Waals surface area contributed by atoms with Gasteiger partial charge in [-0.05, 0) is 26.7 Å². The summed E-state index contributed by atoms with van der Waals surface area (Å²) >= 11 is 0. The summed E-state index contributed by atoms with van der Waals surface area (Å²) in [6, 6.07) is 0.319. The van der Waals surface area contributed by atoms with E-state index in [9.17, 15) is 10.1 Å². The molecule has 0 amide bonds. The summed E-state index contributed by atoms with van der Waals surface area (Å²) in [4.78, 5) is 17.2. The number of rotatable bonds is 3. The molecular formula is C13H18N6O2. The molecule has 0 spiro atoms. The van der Waals surface area contributed by atoms with Gasteiger partial charge in [0.05, 0.1) is 4.92 Å². The third-order valence-electron chi connectivity index (χ3n) is 4.19. The van der Waals surface area contributed by atoms with Crippen molar-refractivity contribution in [2.24, 2.45) is 0 Å². The second kappa shape index (κ2) is 4.57. The monoisotopic (exact) mass is 290 g/mol. The molecule has 3 heterocycles. The van der Waals surface area contributed by atoms with Crippen LogP contribution in [0.2, 0.25) is 0 Å². The Hall–Kier alpha value is -2.38. The molecule has 0 fully saturated rings. The van der Waals surface area contributed by atoms with Crippen LogP contribution in [0.1, 0.15) is 31.5 Å². The fourth-order valence-corrected chi connectivity index (χ4v) is 2.92.